The standard InChI is InChI=1S/C12H15FN2O3/c13-10-6-8(12(14)18)3-4-9(10)7-15-5-1-2-11(16)17/h3-4,6,15H,1-2,5,7H2,(H2,14,18)(H,16,17). The Morgan fingerprint density at radius 3 is 2.67 bits per heavy atom. The number of amides is 1. The Labute approximate surface area is 104 Å². The lowest BCUT2D eigenvalue weighted by Crippen LogP contribution is -2.17. The molecule has 5 nitrogen and oxygen atoms in total. The molecule has 0 spiro atoms. The van der Waals surface area contributed by atoms with Gasteiger partial charge < -0.3 is 16.2 Å². The molecule has 0 radical (unpaired) electrons. The smallest absolute Gasteiger partial charge is 0.303 e. The van der Waals surface area contributed by atoms with E-state index in [4.69, 9.17) is 10.8 Å². The lowest BCUT2D eigenvalue weighted by molar-refractivity contribution is -0.137. The van der Waals surface area contributed by atoms with Crippen LogP contribution in [0.4, 0.5) is 4.39 Å². The second-order valence-electron chi connectivity index (χ2n) is 3.84. The van der Waals surface area contributed by atoms with Gasteiger partial charge in [0.25, 0.3) is 0 Å². The quantitative estimate of drug-likeness (QED) is 0.630. The largest absolute Gasteiger partial charge is 0.481 e. The maximum absolute atomic E-state index is 13.5. The molecule has 0 aromatic heterocycles. The van der Waals surface area contributed by atoms with Crippen LogP contribution in [0, 0.1) is 5.82 Å². The SMILES string of the molecule is NC(=O)c1ccc(CNCCCC(=O)O)c(F)c1. The van der Waals surface area contributed by atoms with Crippen LogP contribution in [-0.4, -0.2) is 23.5 Å². The fourth-order valence-corrected chi connectivity index (χ4v) is 1.43. The highest BCUT2D eigenvalue weighted by Gasteiger charge is 2.06. The molecule has 1 aromatic carbocycles. The minimum absolute atomic E-state index is 0.0795. The van der Waals surface area contributed by atoms with Crippen LogP contribution >= 0.6 is 0 Å². The number of halogens is 1. The Morgan fingerprint density at radius 2 is 2.11 bits per heavy atom. The van der Waals surface area contributed by atoms with Crippen molar-refractivity contribution in [1.82, 2.24) is 5.32 Å². The van der Waals surface area contributed by atoms with Crippen LogP contribution in [0.2, 0.25) is 0 Å². The number of rotatable bonds is 7. The van der Waals surface area contributed by atoms with Crippen LogP contribution in [0.1, 0.15) is 28.8 Å². The van der Waals surface area contributed by atoms with Gasteiger partial charge >= 0.3 is 5.97 Å². The predicted molar refractivity (Wildman–Crippen MR) is 63.5 cm³/mol. The second-order valence-corrected chi connectivity index (χ2v) is 3.84. The van der Waals surface area contributed by atoms with Gasteiger partial charge in [-0.15, -0.1) is 0 Å². The van der Waals surface area contributed by atoms with Crippen molar-refractivity contribution in [1.29, 1.82) is 0 Å². The minimum atomic E-state index is -0.853. The highest BCUT2D eigenvalue weighted by molar-refractivity contribution is 5.92. The first-order valence-corrected chi connectivity index (χ1v) is 5.51. The van der Waals surface area contributed by atoms with Crippen molar-refractivity contribution in [3.63, 3.8) is 0 Å². The van der Waals surface area contributed by atoms with Crippen molar-refractivity contribution in [2.24, 2.45) is 5.73 Å². The maximum Gasteiger partial charge on any atom is 0.303 e. The van der Waals surface area contributed by atoms with E-state index in [-0.39, 0.29) is 18.5 Å². The molecule has 98 valence electrons. The van der Waals surface area contributed by atoms with Crippen LogP contribution < -0.4 is 11.1 Å². The molecule has 0 aliphatic rings. The zero-order valence-corrected chi connectivity index (χ0v) is 9.78. The molecular formula is C12H15FN2O3. The van der Waals surface area contributed by atoms with E-state index in [9.17, 15) is 14.0 Å². The molecule has 1 amide bonds. The number of primary amides is 1. The van der Waals surface area contributed by atoms with Gasteiger partial charge in [-0.1, -0.05) is 6.07 Å². The van der Waals surface area contributed by atoms with E-state index in [2.05, 4.69) is 5.32 Å². The normalized spacial score (nSPS) is 10.3. The zero-order chi connectivity index (χ0) is 13.5. The minimum Gasteiger partial charge on any atom is -0.481 e. The first-order chi connectivity index (χ1) is 8.50. The predicted octanol–water partition coefficient (Wildman–Crippen LogP) is 0.879. The summed E-state index contributed by atoms with van der Waals surface area (Å²) in [5.41, 5.74) is 5.56. The molecule has 0 unspecified atom stereocenters. The number of benzene rings is 1. The highest BCUT2D eigenvalue weighted by atomic mass is 19.1. The molecule has 0 atom stereocenters. The van der Waals surface area contributed by atoms with Gasteiger partial charge in [-0.25, -0.2) is 4.39 Å². The third-order valence-corrected chi connectivity index (χ3v) is 2.40. The van der Waals surface area contributed by atoms with Crippen molar-refractivity contribution < 1.29 is 19.1 Å². The average Bonchev–Trinajstić information content (AvgIpc) is 2.29. The number of nitrogens with one attached hydrogen (secondary N) is 1. The third kappa shape index (κ3) is 4.50. The van der Waals surface area contributed by atoms with Gasteiger partial charge in [0, 0.05) is 24.1 Å². The molecule has 0 bridgehead atoms. The lowest BCUT2D eigenvalue weighted by Gasteiger charge is -2.06. The molecular weight excluding hydrogens is 239 g/mol. The fraction of sp³-hybridized carbons (Fsp3) is 0.333. The summed E-state index contributed by atoms with van der Waals surface area (Å²) < 4.78 is 13.5. The molecule has 0 aliphatic carbocycles. The Morgan fingerprint density at radius 1 is 1.39 bits per heavy atom. The van der Waals surface area contributed by atoms with Gasteiger partial charge in [0.05, 0.1) is 0 Å². The van der Waals surface area contributed by atoms with Gasteiger partial charge in [-0.3, -0.25) is 9.59 Å². The van der Waals surface area contributed by atoms with Crippen LogP contribution in [0.15, 0.2) is 18.2 Å². The van der Waals surface area contributed by atoms with Crippen molar-refractivity contribution in [2.45, 2.75) is 19.4 Å². The van der Waals surface area contributed by atoms with Crippen molar-refractivity contribution >= 4 is 11.9 Å². The van der Waals surface area contributed by atoms with E-state index in [1.807, 2.05) is 0 Å². The zero-order valence-electron chi connectivity index (χ0n) is 9.78. The summed E-state index contributed by atoms with van der Waals surface area (Å²) in [6, 6.07) is 4.04. The number of aliphatic carboxylic acids is 1. The second kappa shape index (κ2) is 6.70. The van der Waals surface area contributed by atoms with Crippen molar-refractivity contribution in [3.05, 3.63) is 35.1 Å². The summed E-state index contributed by atoms with van der Waals surface area (Å²) in [5, 5.41) is 11.4. The summed E-state index contributed by atoms with van der Waals surface area (Å²) in [7, 11) is 0. The third-order valence-electron chi connectivity index (χ3n) is 2.40. The Hall–Kier alpha value is -1.95. The van der Waals surface area contributed by atoms with Crippen LogP contribution in [-0.2, 0) is 11.3 Å². The summed E-state index contributed by atoms with van der Waals surface area (Å²) in [4.78, 5) is 21.1. The average molecular weight is 254 g/mol. The number of carboxylic acid groups (broad SMARTS) is 1. The number of carboxylic acids is 1. The summed E-state index contributed by atoms with van der Waals surface area (Å²) in [5.74, 6) is -2.03. The lowest BCUT2D eigenvalue weighted by atomic mass is 10.1. The number of hydrogen-bond acceptors (Lipinski definition) is 3. The van der Waals surface area contributed by atoms with Crippen LogP contribution in [0.5, 0.6) is 0 Å². The maximum atomic E-state index is 13.5. The van der Waals surface area contributed by atoms with E-state index < -0.39 is 17.7 Å². The Bertz CT molecular complexity index is 449. The molecule has 18 heavy (non-hydrogen) atoms. The number of carbonyl (C=O) groups is 2. The van der Waals surface area contributed by atoms with E-state index in [1.54, 1.807) is 0 Å². The molecule has 0 heterocycles. The number of nitrogens with two attached hydrogens (primary N) is 1. The van der Waals surface area contributed by atoms with Crippen LogP contribution in [0.3, 0.4) is 0 Å². The molecule has 4 N–H and O–H groups in total. The molecule has 0 saturated heterocycles. The van der Waals surface area contributed by atoms with Crippen LogP contribution in [0.25, 0.3) is 0 Å². The van der Waals surface area contributed by atoms with E-state index in [0.717, 1.165) is 6.07 Å². The fourth-order valence-electron chi connectivity index (χ4n) is 1.43. The molecule has 6 heteroatoms. The molecule has 0 saturated carbocycles. The summed E-state index contributed by atoms with van der Waals surface area (Å²) in [6.07, 6.45) is 0.562. The monoisotopic (exact) mass is 254 g/mol. The van der Waals surface area contributed by atoms with Crippen molar-refractivity contribution in [2.75, 3.05) is 6.54 Å². The Balaban J connectivity index is 2.43. The first-order valence-electron chi connectivity index (χ1n) is 5.51. The highest BCUT2D eigenvalue weighted by Crippen LogP contribution is 2.10. The van der Waals surface area contributed by atoms with Gasteiger partial charge in [0.1, 0.15) is 5.82 Å². The molecule has 0 aliphatic heterocycles. The van der Waals surface area contributed by atoms with E-state index >= 15 is 0 Å². The first kappa shape index (κ1) is 14.1. The van der Waals surface area contributed by atoms with Gasteiger partial charge in [-0.2, -0.15) is 0 Å². The topological polar surface area (TPSA) is 92.4 Å². The van der Waals surface area contributed by atoms with Gasteiger partial charge in [0.15, 0.2) is 0 Å². The molecule has 1 rings (SSSR count). The number of hydrogen-bond donors (Lipinski definition) is 3. The summed E-state index contributed by atoms with van der Waals surface area (Å²) >= 11 is 0. The summed E-state index contributed by atoms with van der Waals surface area (Å²) in [6.45, 7) is 0.772. The van der Waals surface area contributed by atoms with Gasteiger partial charge in [0.2, 0.25) is 5.91 Å². The van der Waals surface area contributed by atoms with Crippen molar-refractivity contribution in [3.8, 4) is 0 Å². The van der Waals surface area contributed by atoms with Gasteiger partial charge in [-0.05, 0) is 25.1 Å². The molecule has 0 fully saturated rings. The van der Waals surface area contributed by atoms with E-state index in [1.165, 1.54) is 12.1 Å². The number of carbonyl (C=O) groups excluding carboxylic acids is 1. The molecule has 1 aromatic rings. The van der Waals surface area contributed by atoms with E-state index in [0.29, 0.717) is 18.5 Å². The Kier molecular flexibility index (Phi) is 5.26.